The summed E-state index contributed by atoms with van der Waals surface area (Å²) in [7, 11) is 1.18. The number of nitrogens with zero attached hydrogens (tertiary/aromatic N) is 1. The summed E-state index contributed by atoms with van der Waals surface area (Å²) in [6.45, 7) is 0. The van der Waals surface area contributed by atoms with E-state index in [-0.39, 0.29) is 15.6 Å². The summed E-state index contributed by atoms with van der Waals surface area (Å²) in [5, 5.41) is 11.2. The smallest absolute Gasteiger partial charge is 0.343 e. The van der Waals surface area contributed by atoms with E-state index in [9.17, 15) is 14.9 Å². The van der Waals surface area contributed by atoms with Gasteiger partial charge in [-0.2, -0.15) is 0 Å². The number of ether oxygens (including phenoxy) is 1. The number of hydrogen-bond acceptors (Lipinski definition) is 5. The standard InChI is InChI=1S/C6H4ClNO4S/c1-12-6(9)3-2-13-5(4(3)7)8(10)11/h2H,1H3. The Morgan fingerprint density at radius 2 is 2.38 bits per heavy atom. The van der Waals surface area contributed by atoms with Gasteiger partial charge in [-0.1, -0.05) is 22.9 Å². The molecule has 1 aromatic rings. The number of methoxy groups -OCH3 is 1. The molecular weight excluding hydrogens is 218 g/mol. The highest BCUT2D eigenvalue weighted by Gasteiger charge is 2.23. The lowest BCUT2D eigenvalue weighted by molar-refractivity contribution is -0.380. The fraction of sp³-hybridized carbons (Fsp3) is 0.167. The molecule has 0 saturated heterocycles. The molecule has 0 spiro atoms. The van der Waals surface area contributed by atoms with Gasteiger partial charge in [0.1, 0.15) is 5.02 Å². The summed E-state index contributed by atoms with van der Waals surface area (Å²) >= 11 is 6.36. The summed E-state index contributed by atoms with van der Waals surface area (Å²) in [6, 6.07) is 0. The Morgan fingerprint density at radius 3 is 2.77 bits per heavy atom. The monoisotopic (exact) mass is 221 g/mol. The topological polar surface area (TPSA) is 69.4 Å². The van der Waals surface area contributed by atoms with Crippen molar-refractivity contribution >= 4 is 33.9 Å². The van der Waals surface area contributed by atoms with Gasteiger partial charge in [-0.25, -0.2) is 4.79 Å². The number of thiophene rings is 1. The van der Waals surface area contributed by atoms with E-state index in [1.54, 1.807) is 0 Å². The van der Waals surface area contributed by atoms with Gasteiger partial charge in [-0.15, -0.1) is 0 Å². The number of rotatable bonds is 2. The van der Waals surface area contributed by atoms with Gasteiger partial charge < -0.3 is 4.74 Å². The molecule has 0 aliphatic heterocycles. The van der Waals surface area contributed by atoms with E-state index in [2.05, 4.69) is 4.74 Å². The zero-order valence-electron chi connectivity index (χ0n) is 6.44. The van der Waals surface area contributed by atoms with Crippen LogP contribution in [0.5, 0.6) is 0 Å². The van der Waals surface area contributed by atoms with Gasteiger partial charge in [0.05, 0.1) is 17.6 Å². The first kappa shape index (κ1) is 9.94. The summed E-state index contributed by atoms with van der Waals surface area (Å²) in [5.41, 5.74) is 0.0286. The summed E-state index contributed by atoms with van der Waals surface area (Å²) in [6.07, 6.45) is 0. The van der Waals surface area contributed by atoms with Gasteiger partial charge in [-0.05, 0) is 0 Å². The van der Waals surface area contributed by atoms with Crippen LogP contribution in [-0.4, -0.2) is 18.0 Å². The fourth-order valence-electron chi connectivity index (χ4n) is 0.704. The second-order valence-corrected chi connectivity index (χ2v) is 3.25. The molecule has 0 amide bonds. The first-order valence-corrected chi connectivity index (χ1v) is 4.33. The molecule has 70 valence electrons. The molecule has 0 bridgehead atoms. The Kier molecular flexibility index (Phi) is 2.84. The molecule has 7 heteroatoms. The van der Waals surface area contributed by atoms with E-state index in [0.717, 1.165) is 11.3 Å². The molecule has 1 aromatic heterocycles. The Hall–Kier alpha value is -1.14. The number of carbonyl (C=O) groups is 1. The van der Waals surface area contributed by atoms with Crippen molar-refractivity contribution in [3.63, 3.8) is 0 Å². The molecular formula is C6H4ClNO4S. The first-order valence-electron chi connectivity index (χ1n) is 3.07. The molecule has 1 heterocycles. The molecule has 0 N–H and O–H groups in total. The number of hydrogen-bond donors (Lipinski definition) is 0. The van der Waals surface area contributed by atoms with Crippen molar-refractivity contribution in [3.8, 4) is 0 Å². The van der Waals surface area contributed by atoms with E-state index in [0.29, 0.717) is 0 Å². The maximum atomic E-state index is 10.9. The quantitative estimate of drug-likeness (QED) is 0.436. The molecule has 0 atom stereocenters. The Labute approximate surface area is 82.0 Å². The van der Waals surface area contributed by atoms with E-state index in [4.69, 9.17) is 11.6 Å². The van der Waals surface area contributed by atoms with Crippen molar-refractivity contribution in [2.24, 2.45) is 0 Å². The lowest BCUT2D eigenvalue weighted by Crippen LogP contribution is -1.99. The summed E-state index contributed by atoms with van der Waals surface area (Å²) in [5.74, 6) is -0.672. The van der Waals surface area contributed by atoms with Crippen LogP contribution in [0.4, 0.5) is 5.00 Å². The van der Waals surface area contributed by atoms with E-state index in [1.807, 2.05) is 0 Å². The van der Waals surface area contributed by atoms with E-state index < -0.39 is 10.9 Å². The molecule has 1 rings (SSSR count). The van der Waals surface area contributed by atoms with Crippen LogP contribution in [0.15, 0.2) is 5.38 Å². The van der Waals surface area contributed by atoms with Gasteiger partial charge in [0.25, 0.3) is 0 Å². The van der Waals surface area contributed by atoms with Gasteiger partial charge in [0.2, 0.25) is 0 Å². The molecule has 0 aromatic carbocycles. The molecule has 0 aliphatic rings. The molecule has 13 heavy (non-hydrogen) atoms. The second kappa shape index (κ2) is 3.71. The largest absolute Gasteiger partial charge is 0.465 e. The van der Waals surface area contributed by atoms with Crippen LogP contribution < -0.4 is 0 Å². The maximum Gasteiger partial charge on any atom is 0.343 e. The number of halogens is 1. The third kappa shape index (κ3) is 1.78. The van der Waals surface area contributed by atoms with Gasteiger partial charge in [0, 0.05) is 5.38 Å². The number of carbonyl (C=O) groups excluding carboxylic acids is 1. The highest BCUT2D eigenvalue weighted by Crippen LogP contribution is 2.34. The third-order valence-corrected chi connectivity index (χ3v) is 2.71. The van der Waals surface area contributed by atoms with E-state index in [1.165, 1.54) is 12.5 Å². The van der Waals surface area contributed by atoms with Crippen molar-refractivity contribution in [2.75, 3.05) is 7.11 Å². The SMILES string of the molecule is COC(=O)c1csc([N+](=O)[O-])c1Cl. The Morgan fingerprint density at radius 1 is 1.77 bits per heavy atom. The molecule has 0 radical (unpaired) electrons. The average Bonchev–Trinajstić information content (AvgIpc) is 2.46. The van der Waals surface area contributed by atoms with Gasteiger partial charge >= 0.3 is 11.0 Å². The minimum Gasteiger partial charge on any atom is -0.465 e. The molecule has 5 nitrogen and oxygen atoms in total. The summed E-state index contributed by atoms with van der Waals surface area (Å²) < 4.78 is 4.37. The van der Waals surface area contributed by atoms with Crippen LogP contribution in [0.25, 0.3) is 0 Å². The first-order chi connectivity index (χ1) is 6.07. The third-order valence-electron chi connectivity index (χ3n) is 1.28. The van der Waals surface area contributed by atoms with Crippen molar-refractivity contribution in [1.29, 1.82) is 0 Å². The van der Waals surface area contributed by atoms with Crippen LogP contribution in [-0.2, 0) is 4.74 Å². The van der Waals surface area contributed by atoms with Crippen LogP contribution >= 0.6 is 22.9 Å². The lowest BCUT2D eigenvalue weighted by Gasteiger charge is -1.93. The van der Waals surface area contributed by atoms with Crippen molar-refractivity contribution in [2.45, 2.75) is 0 Å². The number of nitro groups is 1. The Balaban J connectivity index is 3.13. The predicted octanol–water partition coefficient (Wildman–Crippen LogP) is 2.10. The maximum absolute atomic E-state index is 10.9. The highest BCUT2D eigenvalue weighted by molar-refractivity contribution is 7.14. The fourth-order valence-corrected chi connectivity index (χ4v) is 1.85. The minimum atomic E-state index is -0.672. The van der Waals surface area contributed by atoms with Crippen LogP contribution in [0.3, 0.4) is 0 Å². The minimum absolute atomic E-state index is 0.0286. The van der Waals surface area contributed by atoms with Crippen molar-refractivity contribution in [3.05, 3.63) is 26.1 Å². The van der Waals surface area contributed by atoms with Crippen LogP contribution in [0.1, 0.15) is 10.4 Å². The van der Waals surface area contributed by atoms with Crippen LogP contribution in [0, 0.1) is 10.1 Å². The van der Waals surface area contributed by atoms with Gasteiger partial charge in [-0.3, -0.25) is 10.1 Å². The van der Waals surface area contributed by atoms with Crippen molar-refractivity contribution < 1.29 is 14.5 Å². The lowest BCUT2D eigenvalue weighted by atomic mass is 10.3. The Bertz CT molecular complexity index is 362. The molecule has 0 aliphatic carbocycles. The molecule has 0 fully saturated rings. The summed E-state index contributed by atoms with van der Waals surface area (Å²) in [4.78, 5) is 20.6. The molecule has 0 saturated carbocycles. The van der Waals surface area contributed by atoms with Crippen molar-refractivity contribution in [1.82, 2.24) is 0 Å². The van der Waals surface area contributed by atoms with Gasteiger partial charge in [0.15, 0.2) is 0 Å². The van der Waals surface area contributed by atoms with E-state index >= 15 is 0 Å². The predicted molar refractivity (Wildman–Crippen MR) is 47.3 cm³/mol. The average molecular weight is 222 g/mol. The number of esters is 1. The second-order valence-electron chi connectivity index (χ2n) is 2.02. The zero-order chi connectivity index (χ0) is 10.0. The zero-order valence-corrected chi connectivity index (χ0v) is 8.02. The highest BCUT2D eigenvalue weighted by atomic mass is 35.5. The normalized spacial score (nSPS) is 9.69. The molecule has 0 unspecified atom stereocenters. The van der Waals surface area contributed by atoms with Crippen LogP contribution in [0.2, 0.25) is 5.02 Å².